The van der Waals surface area contributed by atoms with Gasteiger partial charge in [0.15, 0.2) is 0 Å². The minimum absolute atomic E-state index is 0.235. The number of rotatable bonds is 7. The molecule has 0 spiro atoms. The van der Waals surface area contributed by atoms with E-state index in [2.05, 4.69) is 27.3 Å². The molecule has 0 saturated carbocycles. The lowest BCUT2D eigenvalue weighted by molar-refractivity contribution is -0.192. The third kappa shape index (κ3) is 6.79. The van der Waals surface area contributed by atoms with E-state index >= 15 is 0 Å². The van der Waals surface area contributed by atoms with Crippen molar-refractivity contribution in [3.8, 4) is 11.3 Å². The Morgan fingerprint density at radius 3 is 2.52 bits per heavy atom. The molecule has 2 aromatic heterocycles. The second-order valence-electron chi connectivity index (χ2n) is 6.82. The van der Waals surface area contributed by atoms with Crippen LogP contribution in [0.15, 0.2) is 31.1 Å². The van der Waals surface area contributed by atoms with E-state index in [-0.39, 0.29) is 11.7 Å². The lowest BCUT2D eigenvalue weighted by atomic mass is 9.90. The van der Waals surface area contributed by atoms with Crippen molar-refractivity contribution in [2.45, 2.75) is 32.0 Å². The highest BCUT2D eigenvalue weighted by molar-refractivity contribution is 5.90. The fraction of sp³-hybridized carbons (Fsp3) is 0.350. The number of amides is 2. The van der Waals surface area contributed by atoms with Crippen LogP contribution >= 0.6 is 0 Å². The van der Waals surface area contributed by atoms with Crippen LogP contribution < -0.4 is 10.6 Å². The van der Waals surface area contributed by atoms with E-state index in [9.17, 15) is 27.9 Å². The number of aryl methyl sites for hydroxylation is 2. The number of alkyl halides is 3. The van der Waals surface area contributed by atoms with Crippen LogP contribution in [-0.4, -0.2) is 62.2 Å². The number of aliphatic carboxylic acids is 1. The molecular weight excluding hydrogens is 447 g/mol. The fourth-order valence-corrected chi connectivity index (χ4v) is 3.13. The zero-order chi connectivity index (χ0) is 24.6. The molecular formula is C20H22F3N5O5. The molecule has 0 fully saturated rings. The highest BCUT2D eigenvalue weighted by Crippen LogP contribution is 2.34. The number of halogens is 3. The second kappa shape index (κ2) is 11.1. The monoisotopic (exact) mass is 469 g/mol. The van der Waals surface area contributed by atoms with Crippen molar-refractivity contribution in [2.24, 2.45) is 0 Å². The molecule has 0 aliphatic heterocycles. The van der Waals surface area contributed by atoms with E-state index in [0.29, 0.717) is 32.5 Å². The molecule has 1 aliphatic carbocycles. The zero-order valence-corrected chi connectivity index (χ0v) is 17.4. The SMILES string of the molecule is C=CCNC(=O)NCCCn1nc2c(c1C(=O)O)CCc1cnccc1-2.O=C(O)C(F)(F)F. The Labute approximate surface area is 186 Å². The summed E-state index contributed by atoms with van der Waals surface area (Å²) in [4.78, 5) is 36.3. The number of hydrogen-bond acceptors (Lipinski definition) is 5. The number of carboxylic acid groups (broad SMARTS) is 2. The molecule has 13 heteroatoms. The van der Waals surface area contributed by atoms with Gasteiger partial charge in [0.25, 0.3) is 0 Å². The van der Waals surface area contributed by atoms with Crippen LogP contribution in [0.3, 0.4) is 0 Å². The number of aromatic carboxylic acids is 1. The molecule has 0 radical (unpaired) electrons. The van der Waals surface area contributed by atoms with Gasteiger partial charge in [0.2, 0.25) is 0 Å². The molecule has 0 aromatic carbocycles. The minimum Gasteiger partial charge on any atom is -0.477 e. The molecule has 1 aliphatic rings. The van der Waals surface area contributed by atoms with Crippen molar-refractivity contribution in [1.82, 2.24) is 25.4 Å². The van der Waals surface area contributed by atoms with Crippen LogP contribution in [-0.2, 0) is 24.2 Å². The number of nitrogens with zero attached hydrogens (tertiary/aromatic N) is 3. The molecule has 10 nitrogen and oxygen atoms in total. The summed E-state index contributed by atoms with van der Waals surface area (Å²) < 4.78 is 33.3. The lowest BCUT2D eigenvalue weighted by Crippen LogP contribution is -2.36. The number of carbonyl (C=O) groups is 3. The maximum atomic E-state index is 11.8. The van der Waals surface area contributed by atoms with Gasteiger partial charge in [0, 0.05) is 43.2 Å². The van der Waals surface area contributed by atoms with Crippen molar-refractivity contribution >= 4 is 18.0 Å². The molecule has 0 bridgehead atoms. The van der Waals surface area contributed by atoms with Gasteiger partial charge >= 0.3 is 24.1 Å². The van der Waals surface area contributed by atoms with Crippen LogP contribution in [0.2, 0.25) is 0 Å². The van der Waals surface area contributed by atoms with Gasteiger partial charge in [-0.1, -0.05) is 6.08 Å². The van der Waals surface area contributed by atoms with E-state index in [4.69, 9.17) is 9.90 Å². The molecule has 178 valence electrons. The van der Waals surface area contributed by atoms with Gasteiger partial charge in [0.05, 0.1) is 5.69 Å². The number of fused-ring (bicyclic) bond motifs is 3. The third-order valence-corrected chi connectivity index (χ3v) is 4.54. The molecule has 4 N–H and O–H groups in total. The number of aromatic nitrogens is 3. The smallest absolute Gasteiger partial charge is 0.477 e. The Kier molecular flexibility index (Phi) is 8.54. The highest BCUT2D eigenvalue weighted by atomic mass is 19.4. The molecule has 2 aromatic rings. The number of urea groups is 1. The summed E-state index contributed by atoms with van der Waals surface area (Å²) in [5.41, 5.74) is 3.76. The molecule has 33 heavy (non-hydrogen) atoms. The molecule has 0 unspecified atom stereocenters. The Bertz CT molecular complexity index is 1040. The highest BCUT2D eigenvalue weighted by Gasteiger charge is 2.38. The first-order chi connectivity index (χ1) is 15.6. The first-order valence-electron chi connectivity index (χ1n) is 9.75. The quantitative estimate of drug-likeness (QED) is 0.359. The largest absolute Gasteiger partial charge is 0.490 e. The summed E-state index contributed by atoms with van der Waals surface area (Å²) in [6.45, 7) is 4.76. The fourth-order valence-electron chi connectivity index (χ4n) is 3.13. The standard InChI is InChI=1S/C18H21N5O3.C2HF3O2/c1-2-7-20-18(26)21-8-3-10-23-16(17(24)25)14-5-4-12-11-19-9-6-13(12)15(14)22-23;3-2(4,5)1(6)7/h2,6,9,11H,1,3-5,7-8,10H2,(H,24,25)(H2,20,21,26);(H,6,7). The van der Waals surface area contributed by atoms with Gasteiger partial charge < -0.3 is 20.8 Å². The first kappa shape index (κ1) is 25.4. The molecule has 3 rings (SSSR count). The third-order valence-electron chi connectivity index (χ3n) is 4.54. The average molecular weight is 469 g/mol. The predicted molar refractivity (Wildman–Crippen MR) is 110 cm³/mol. The van der Waals surface area contributed by atoms with Crippen LogP contribution in [0.4, 0.5) is 18.0 Å². The van der Waals surface area contributed by atoms with Gasteiger partial charge in [-0.2, -0.15) is 18.3 Å². The maximum Gasteiger partial charge on any atom is 0.490 e. The summed E-state index contributed by atoms with van der Waals surface area (Å²) in [5.74, 6) is -3.74. The maximum absolute atomic E-state index is 11.8. The predicted octanol–water partition coefficient (Wildman–Crippen LogP) is 2.25. The summed E-state index contributed by atoms with van der Waals surface area (Å²) in [7, 11) is 0. The van der Waals surface area contributed by atoms with Crippen LogP contribution in [0.25, 0.3) is 11.3 Å². The topological polar surface area (TPSA) is 146 Å². The van der Waals surface area contributed by atoms with Gasteiger partial charge in [-0.15, -0.1) is 6.58 Å². The number of nitrogens with one attached hydrogen (secondary N) is 2. The summed E-state index contributed by atoms with van der Waals surface area (Å²) in [5, 5.41) is 26.6. The normalized spacial score (nSPS) is 11.8. The van der Waals surface area contributed by atoms with E-state index in [0.717, 1.165) is 28.8 Å². The minimum atomic E-state index is -5.08. The average Bonchev–Trinajstić information content (AvgIpc) is 3.14. The molecule has 0 saturated heterocycles. The summed E-state index contributed by atoms with van der Waals surface area (Å²) in [6, 6.07) is 1.60. The Hall–Kier alpha value is -3.90. The van der Waals surface area contributed by atoms with Gasteiger partial charge in [-0.05, 0) is 30.9 Å². The van der Waals surface area contributed by atoms with Crippen molar-refractivity contribution in [3.63, 3.8) is 0 Å². The molecule has 0 atom stereocenters. The van der Waals surface area contributed by atoms with E-state index in [1.165, 1.54) is 4.68 Å². The van der Waals surface area contributed by atoms with E-state index in [1.807, 2.05) is 12.3 Å². The van der Waals surface area contributed by atoms with Crippen molar-refractivity contribution < 1.29 is 37.8 Å². The lowest BCUT2D eigenvalue weighted by Gasteiger charge is -2.14. The van der Waals surface area contributed by atoms with Crippen molar-refractivity contribution in [3.05, 3.63) is 47.9 Å². The van der Waals surface area contributed by atoms with E-state index in [1.54, 1.807) is 12.3 Å². The van der Waals surface area contributed by atoms with Crippen LogP contribution in [0.1, 0.15) is 28.0 Å². The molecule has 2 heterocycles. The van der Waals surface area contributed by atoms with Crippen molar-refractivity contribution in [1.29, 1.82) is 0 Å². The Balaban J connectivity index is 0.000000479. The summed E-state index contributed by atoms with van der Waals surface area (Å²) in [6.07, 6.45) is 1.99. The van der Waals surface area contributed by atoms with Gasteiger partial charge in [-0.3, -0.25) is 9.67 Å². The Morgan fingerprint density at radius 1 is 1.21 bits per heavy atom. The molecule has 2 amide bonds. The zero-order valence-electron chi connectivity index (χ0n) is 17.4. The number of hydrogen-bond donors (Lipinski definition) is 4. The van der Waals surface area contributed by atoms with E-state index < -0.39 is 18.1 Å². The van der Waals surface area contributed by atoms with Crippen LogP contribution in [0, 0.1) is 0 Å². The Morgan fingerprint density at radius 2 is 1.91 bits per heavy atom. The van der Waals surface area contributed by atoms with Gasteiger partial charge in [0.1, 0.15) is 5.69 Å². The summed E-state index contributed by atoms with van der Waals surface area (Å²) >= 11 is 0. The van der Waals surface area contributed by atoms with Gasteiger partial charge in [-0.25, -0.2) is 14.4 Å². The first-order valence-corrected chi connectivity index (χ1v) is 9.75. The number of carbonyl (C=O) groups excluding carboxylic acids is 1. The number of pyridine rings is 1. The number of carboxylic acids is 2. The second-order valence-corrected chi connectivity index (χ2v) is 6.82. The van der Waals surface area contributed by atoms with Crippen molar-refractivity contribution in [2.75, 3.05) is 13.1 Å². The van der Waals surface area contributed by atoms with Crippen LogP contribution in [0.5, 0.6) is 0 Å².